The van der Waals surface area contributed by atoms with Gasteiger partial charge in [0.05, 0.1) is 6.33 Å². The molecule has 16 heavy (non-hydrogen) atoms. The molecule has 0 bridgehead atoms. The highest BCUT2D eigenvalue weighted by molar-refractivity contribution is 6.29. The van der Waals surface area contributed by atoms with Crippen LogP contribution in [0.4, 0.5) is 0 Å². The fourth-order valence-corrected chi connectivity index (χ4v) is 1.71. The third-order valence-corrected chi connectivity index (χ3v) is 2.50. The van der Waals surface area contributed by atoms with Gasteiger partial charge in [0.1, 0.15) is 11.0 Å². The molecule has 0 aliphatic rings. The monoisotopic (exact) mass is 238 g/mol. The zero-order chi connectivity index (χ0) is 11.5. The molecule has 84 valence electrons. The molecule has 2 aromatic heterocycles. The minimum Gasteiger partial charge on any atom is -0.336 e. The number of rotatable bonds is 3. The van der Waals surface area contributed by atoms with E-state index in [0.29, 0.717) is 18.9 Å². The SMILES string of the molecule is Cc1nc(Cl)cc(=O)n1CCn1ccnc1. The molecule has 0 atom stereocenters. The van der Waals surface area contributed by atoms with Crippen LogP contribution < -0.4 is 5.56 Å². The minimum atomic E-state index is -0.127. The Morgan fingerprint density at radius 2 is 2.25 bits per heavy atom. The number of hydrogen-bond donors (Lipinski definition) is 0. The van der Waals surface area contributed by atoms with Crippen molar-refractivity contribution in [1.82, 2.24) is 19.1 Å². The summed E-state index contributed by atoms with van der Waals surface area (Å²) in [6.45, 7) is 3.01. The van der Waals surface area contributed by atoms with Crippen LogP contribution in [0.3, 0.4) is 0 Å². The highest BCUT2D eigenvalue weighted by Crippen LogP contribution is 2.01. The molecule has 0 aromatic carbocycles. The molecule has 0 aliphatic carbocycles. The number of nitrogens with zero attached hydrogens (tertiary/aromatic N) is 4. The van der Waals surface area contributed by atoms with Crippen molar-refractivity contribution in [2.24, 2.45) is 0 Å². The summed E-state index contributed by atoms with van der Waals surface area (Å²) in [7, 11) is 0. The number of imidazole rings is 1. The fraction of sp³-hybridized carbons (Fsp3) is 0.300. The maximum atomic E-state index is 11.6. The van der Waals surface area contributed by atoms with Crippen LogP contribution in [0.1, 0.15) is 5.82 Å². The standard InChI is InChI=1S/C10H11ClN4O/c1-8-13-9(11)6-10(16)15(8)5-4-14-3-2-12-7-14/h2-3,6-7H,4-5H2,1H3. The smallest absolute Gasteiger partial charge is 0.255 e. The highest BCUT2D eigenvalue weighted by Gasteiger charge is 2.03. The van der Waals surface area contributed by atoms with Crippen LogP contribution in [0, 0.1) is 6.92 Å². The Kier molecular flexibility index (Phi) is 3.05. The normalized spacial score (nSPS) is 10.6. The summed E-state index contributed by atoms with van der Waals surface area (Å²) in [5, 5.41) is 0.237. The van der Waals surface area contributed by atoms with Gasteiger partial charge in [0.2, 0.25) is 0 Å². The highest BCUT2D eigenvalue weighted by atomic mass is 35.5. The molecular formula is C10H11ClN4O. The average Bonchev–Trinajstić information content (AvgIpc) is 2.68. The Morgan fingerprint density at radius 1 is 1.44 bits per heavy atom. The van der Waals surface area contributed by atoms with Crippen molar-refractivity contribution in [3.05, 3.63) is 46.1 Å². The van der Waals surface area contributed by atoms with Crippen LogP contribution in [0.2, 0.25) is 5.15 Å². The molecule has 2 rings (SSSR count). The molecule has 0 aliphatic heterocycles. The van der Waals surface area contributed by atoms with Gasteiger partial charge in [0.25, 0.3) is 5.56 Å². The molecule has 0 saturated heterocycles. The molecule has 0 N–H and O–H groups in total. The van der Waals surface area contributed by atoms with Crippen LogP contribution in [-0.2, 0) is 13.1 Å². The zero-order valence-corrected chi connectivity index (χ0v) is 9.55. The fourth-order valence-electron chi connectivity index (χ4n) is 1.49. The van der Waals surface area contributed by atoms with E-state index < -0.39 is 0 Å². The lowest BCUT2D eigenvalue weighted by molar-refractivity contribution is 0.545. The number of hydrogen-bond acceptors (Lipinski definition) is 3. The van der Waals surface area contributed by atoms with Crippen molar-refractivity contribution in [2.75, 3.05) is 0 Å². The summed E-state index contributed by atoms with van der Waals surface area (Å²) in [6.07, 6.45) is 5.27. The summed E-state index contributed by atoms with van der Waals surface area (Å²) >= 11 is 5.68. The summed E-state index contributed by atoms with van der Waals surface area (Å²) in [5.74, 6) is 0.623. The topological polar surface area (TPSA) is 52.7 Å². The quantitative estimate of drug-likeness (QED) is 0.753. The van der Waals surface area contributed by atoms with E-state index in [0.717, 1.165) is 0 Å². The second-order valence-electron chi connectivity index (χ2n) is 3.42. The van der Waals surface area contributed by atoms with E-state index in [4.69, 9.17) is 11.6 Å². The van der Waals surface area contributed by atoms with Crippen LogP contribution >= 0.6 is 11.6 Å². The second-order valence-corrected chi connectivity index (χ2v) is 3.80. The average molecular weight is 239 g/mol. The zero-order valence-electron chi connectivity index (χ0n) is 8.80. The van der Waals surface area contributed by atoms with E-state index in [1.165, 1.54) is 6.07 Å². The van der Waals surface area contributed by atoms with Crippen molar-refractivity contribution >= 4 is 11.6 Å². The Morgan fingerprint density at radius 3 is 2.88 bits per heavy atom. The van der Waals surface area contributed by atoms with Gasteiger partial charge >= 0.3 is 0 Å². The van der Waals surface area contributed by atoms with E-state index in [9.17, 15) is 4.79 Å². The van der Waals surface area contributed by atoms with Crippen LogP contribution in [-0.4, -0.2) is 19.1 Å². The van der Waals surface area contributed by atoms with Gasteiger partial charge < -0.3 is 4.57 Å². The Labute approximate surface area is 97.3 Å². The van der Waals surface area contributed by atoms with Crippen LogP contribution in [0.25, 0.3) is 0 Å². The third-order valence-electron chi connectivity index (χ3n) is 2.31. The van der Waals surface area contributed by atoms with E-state index in [-0.39, 0.29) is 10.7 Å². The van der Waals surface area contributed by atoms with Crippen molar-refractivity contribution in [3.63, 3.8) is 0 Å². The predicted molar refractivity (Wildman–Crippen MR) is 60.5 cm³/mol. The molecular weight excluding hydrogens is 228 g/mol. The first-order chi connectivity index (χ1) is 7.66. The molecule has 6 heteroatoms. The van der Waals surface area contributed by atoms with Gasteiger partial charge in [-0.2, -0.15) is 0 Å². The lowest BCUT2D eigenvalue weighted by Gasteiger charge is -2.09. The van der Waals surface area contributed by atoms with E-state index in [1.807, 2.05) is 10.8 Å². The molecule has 0 radical (unpaired) electrons. The maximum Gasteiger partial charge on any atom is 0.255 e. The Balaban J connectivity index is 2.19. The van der Waals surface area contributed by atoms with Gasteiger partial charge in [-0.1, -0.05) is 11.6 Å². The predicted octanol–water partition coefficient (Wildman–Crippen LogP) is 1.10. The Bertz CT molecular complexity index is 532. The van der Waals surface area contributed by atoms with Crippen LogP contribution in [0.15, 0.2) is 29.6 Å². The maximum absolute atomic E-state index is 11.6. The van der Waals surface area contributed by atoms with E-state index >= 15 is 0 Å². The molecule has 0 unspecified atom stereocenters. The summed E-state index contributed by atoms with van der Waals surface area (Å²) in [6, 6.07) is 1.32. The number of aromatic nitrogens is 4. The van der Waals surface area contributed by atoms with Gasteiger partial charge in [-0.25, -0.2) is 9.97 Å². The molecule has 0 spiro atoms. The first kappa shape index (κ1) is 10.9. The van der Waals surface area contributed by atoms with Gasteiger partial charge in [0.15, 0.2) is 0 Å². The van der Waals surface area contributed by atoms with Gasteiger partial charge in [0, 0.05) is 31.5 Å². The summed E-state index contributed by atoms with van der Waals surface area (Å²) in [4.78, 5) is 19.6. The summed E-state index contributed by atoms with van der Waals surface area (Å²) < 4.78 is 3.49. The molecule has 5 nitrogen and oxygen atoms in total. The molecule has 0 fully saturated rings. The molecule has 2 heterocycles. The van der Waals surface area contributed by atoms with E-state index in [2.05, 4.69) is 9.97 Å². The lowest BCUT2D eigenvalue weighted by atomic mass is 10.5. The minimum absolute atomic E-state index is 0.127. The molecule has 2 aromatic rings. The summed E-state index contributed by atoms with van der Waals surface area (Å²) in [5.41, 5.74) is -0.127. The van der Waals surface area contributed by atoms with Crippen molar-refractivity contribution in [2.45, 2.75) is 20.0 Å². The Hall–Kier alpha value is -1.62. The first-order valence-electron chi connectivity index (χ1n) is 4.86. The lowest BCUT2D eigenvalue weighted by Crippen LogP contribution is -2.24. The van der Waals surface area contributed by atoms with Crippen molar-refractivity contribution in [3.8, 4) is 0 Å². The molecule has 0 saturated carbocycles. The van der Waals surface area contributed by atoms with Gasteiger partial charge in [-0.3, -0.25) is 9.36 Å². The van der Waals surface area contributed by atoms with Gasteiger partial charge in [-0.05, 0) is 6.92 Å². The van der Waals surface area contributed by atoms with Crippen molar-refractivity contribution < 1.29 is 0 Å². The van der Waals surface area contributed by atoms with Gasteiger partial charge in [-0.15, -0.1) is 0 Å². The largest absolute Gasteiger partial charge is 0.336 e. The first-order valence-corrected chi connectivity index (χ1v) is 5.24. The number of aryl methyl sites for hydroxylation is 2. The second kappa shape index (κ2) is 4.49. The van der Waals surface area contributed by atoms with E-state index in [1.54, 1.807) is 24.0 Å². The third kappa shape index (κ3) is 2.30. The molecule has 0 amide bonds. The van der Waals surface area contributed by atoms with Crippen LogP contribution in [0.5, 0.6) is 0 Å². The number of halogens is 1. The van der Waals surface area contributed by atoms with Crippen molar-refractivity contribution in [1.29, 1.82) is 0 Å².